The van der Waals surface area contributed by atoms with Crippen LogP contribution in [0.5, 0.6) is 0 Å². The van der Waals surface area contributed by atoms with Gasteiger partial charge in [-0.05, 0) is 48.0 Å². The summed E-state index contributed by atoms with van der Waals surface area (Å²) in [5, 5.41) is 2.77. The number of nitrogens with one attached hydrogen (secondary N) is 1. The third kappa shape index (κ3) is 3.57. The third-order valence-electron chi connectivity index (χ3n) is 2.88. The number of carbonyl (C=O) groups excluding carboxylic acids is 1. The SMILES string of the molecule is Cc1ccc(NC(=O)Cn2cc(Br)cc(C)c2=O)cc1. The lowest BCUT2D eigenvalue weighted by molar-refractivity contribution is -0.116. The number of rotatable bonds is 3. The Kier molecular flexibility index (Phi) is 4.39. The number of pyridine rings is 1. The van der Waals surface area contributed by atoms with Crippen LogP contribution in [0.2, 0.25) is 0 Å². The van der Waals surface area contributed by atoms with Crippen molar-refractivity contribution in [2.24, 2.45) is 0 Å². The number of halogens is 1. The zero-order valence-electron chi connectivity index (χ0n) is 11.3. The normalized spacial score (nSPS) is 10.3. The smallest absolute Gasteiger partial charge is 0.253 e. The number of hydrogen-bond donors (Lipinski definition) is 1. The second-order valence-corrected chi connectivity index (χ2v) is 5.60. The van der Waals surface area contributed by atoms with Gasteiger partial charge in [-0.25, -0.2) is 0 Å². The Labute approximate surface area is 125 Å². The van der Waals surface area contributed by atoms with Crippen LogP contribution in [0, 0.1) is 13.8 Å². The van der Waals surface area contributed by atoms with Crippen molar-refractivity contribution in [3.8, 4) is 0 Å². The molecule has 0 saturated carbocycles. The first kappa shape index (κ1) is 14.5. The maximum absolute atomic E-state index is 12.0. The molecule has 0 atom stereocenters. The molecule has 2 rings (SSSR count). The fraction of sp³-hybridized carbons (Fsp3) is 0.200. The second kappa shape index (κ2) is 6.05. The molecule has 5 heteroatoms. The zero-order valence-corrected chi connectivity index (χ0v) is 12.9. The van der Waals surface area contributed by atoms with Crippen molar-refractivity contribution < 1.29 is 4.79 Å². The first-order valence-electron chi connectivity index (χ1n) is 6.19. The summed E-state index contributed by atoms with van der Waals surface area (Å²) in [6.07, 6.45) is 1.62. The number of benzene rings is 1. The van der Waals surface area contributed by atoms with Crippen molar-refractivity contribution in [3.63, 3.8) is 0 Å². The van der Waals surface area contributed by atoms with Gasteiger partial charge in [-0.15, -0.1) is 0 Å². The van der Waals surface area contributed by atoms with Gasteiger partial charge < -0.3 is 9.88 Å². The van der Waals surface area contributed by atoms with Gasteiger partial charge in [0.2, 0.25) is 5.91 Å². The summed E-state index contributed by atoms with van der Waals surface area (Å²) in [5.74, 6) is -0.228. The molecule has 2 aromatic rings. The molecule has 0 radical (unpaired) electrons. The lowest BCUT2D eigenvalue weighted by atomic mass is 10.2. The number of anilines is 1. The molecular formula is C15H15BrN2O2. The average molecular weight is 335 g/mol. The van der Waals surface area contributed by atoms with Crippen molar-refractivity contribution in [2.75, 3.05) is 5.32 Å². The van der Waals surface area contributed by atoms with Gasteiger partial charge in [-0.2, -0.15) is 0 Å². The highest BCUT2D eigenvalue weighted by Crippen LogP contribution is 2.10. The van der Waals surface area contributed by atoms with Crippen molar-refractivity contribution in [1.29, 1.82) is 0 Å². The van der Waals surface area contributed by atoms with Gasteiger partial charge in [0.25, 0.3) is 5.56 Å². The van der Waals surface area contributed by atoms with E-state index >= 15 is 0 Å². The van der Waals surface area contributed by atoms with E-state index in [2.05, 4.69) is 21.2 Å². The third-order valence-corrected chi connectivity index (χ3v) is 3.31. The van der Waals surface area contributed by atoms with Gasteiger partial charge in [0.05, 0.1) is 0 Å². The highest BCUT2D eigenvalue weighted by atomic mass is 79.9. The lowest BCUT2D eigenvalue weighted by Crippen LogP contribution is -2.28. The molecule has 0 unspecified atom stereocenters. The fourth-order valence-corrected chi connectivity index (χ4v) is 2.44. The molecule has 0 fully saturated rings. The Balaban J connectivity index is 2.12. The Hall–Kier alpha value is -1.88. The molecule has 1 N–H and O–H groups in total. The maximum Gasteiger partial charge on any atom is 0.253 e. The van der Waals surface area contributed by atoms with Crippen molar-refractivity contribution >= 4 is 27.5 Å². The predicted octanol–water partition coefficient (Wildman–Crippen LogP) is 2.87. The van der Waals surface area contributed by atoms with E-state index in [0.29, 0.717) is 5.56 Å². The summed E-state index contributed by atoms with van der Waals surface area (Å²) in [7, 11) is 0. The maximum atomic E-state index is 12.0. The molecular weight excluding hydrogens is 320 g/mol. The van der Waals surface area contributed by atoms with Crippen LogP contribution >= 0.6 is 15.9 Å². The summed E-state index contributed by atoms with van der Waals surface area (Å²) < 4.78 is 2.17. The van der Waals surface area contributed by atoms with E-state index < -0.39 is 0 Å². The van der Waals surface area contributed by atoms with Gasteiger partial charge in [-0.1, -0.05) is 17.7 Å². The van der Waals surface area contributed by atoms with Crippen LogP contribution in [0.3, 0.4) is 0 Å². The van der Waals surface area contributed by atoms with Gasteiger partial charge in [-0.3, -0.25) is 9.59 Å². The molecule has 0 aliphatic heterocycles. The molecule has 4 nitrogen and oxygen atoms in total. The van der Waals surface area contributed by atoms with Gasteiger partial charge in [0.15, 0.2) is 0 Å². The molecule has 1 aromatic heterocycles. The number of amides is 1. The van der Waals surface area contributed by atoms with E-state index in [4.69, 9.17) is 0 Å². The minimum atomic E-state index is -0.228. The van der Waals surface area contributed by atoms with Gasteiger partial charge in [0, 0.05) is 21.9 Å². The summed E-state index contributed by atoms with van der Waals surface area (Å²) in [5.41, 5.74) is 2.29. The molecule has 1 amide bonds. The van der Waals surface area contributed by atoms with E-state index in [1.807, 2.05) is 31.2 Å². The Morgan fingerprint density at radius 2 is 1.90 bits per heavy atom. The number of aryl methyl sites for hydroxylation is 2. The number of aromatic nitrogens is 1. The number of hydrogen-bond acceptors (Lipinski definition) is 2. The number of carbonyl (C=O) groups is 1. The lowest BCUT2D eigenvalue weighted by Gasteiger charge is -2.09. The first-order valence-corrected chi connectivity index (χ1v) is 6.98. The van der Waals surface area contributed by atoms with Crippen molar-refractivity contribution in [2.45, 2.75) is 20.4 Å². The largest absolute Gasteiger partial charge is 0.325 e. The standard InChI is InChI=1S/C15H15BrN2O2/c1-10-3-5-13(6-4-10)17-14(19)9-18-8-12(16)7-11(2)15(18)20/h3-8H,9H2,1-2H3,(H,17,19). The minimum Gasteiger partial charge on any atom is -0.325 e. The van der Waals surface area contributed by atoms with Crippen molar-refractivity contribution in [1.82, 2.24) is 4.57 Å². The van der Waals surface area contributed by atoms with Crippen LogP contribution in [0.15, 0.2) is 45.8 Å². The molecule has 20 heavy (non-hydrogen) atoms. The zero-order chi connectivity index (χ0) is 14.7. The Morgan fingerprint density at radius 1 is 1.25 bits per heavy atom. The van der Waals surface area contributed by atoms with E-state index in [0.717, 1.165) is 15.7 Å². The van der Waals surface area contributed by atoms with Crippen molar-refractivity contribution in [3.05, 3.63) is 62.5 Å². The highest BCUT2D eigenvalue weighted by Gasteiger charge is 2.07. The monoisotopic (exact) mass is 334 g/mol. The molecule has 104 valence electrons. The first-order chi connectivity index (χ1) is 9.45. The van der Waals surface area contributed by atoms with Crippen LogP contribution in [0.4, 0.5) is 5.69 Å². The van der Waals surface area contributed by atoms with Gasteiger partial charge >= 0.3 is 0 Å². The molecule has 1 aromatic carbocycles. The van der Waals surface area contributed by atoms with E-state index in [1.165, 1.54) is 4.57 Å². The fourth-order valence-electron chi connectivity index (χ4n) is 1.85. The van der Waals surface area contributed by atoms with E-state index in [1.54, 1.807) is 19.2 Å². The van der Waals surface area contributed by atoms with Crippen LogP contribution in [-0.2, 0) is 11.3 Å². The highest BCUT2D eigenvalue weighted by molar-refractivity contribution is 9.10. The number of nitrogens with zero attached hydrogens (tertiary/aromatic N) is 1. The topological polar surface area (TPSA) is 51.1 Å². The van der Waals surface area contributed by atoms with E-state index in [-0.39, 0.29) is 18.0 Å². The van der Waals surface area contributed by atoms with Gasteiger partial charge in [0.1, 0.15) is 6.54 Å². The molecule has 0 spiro atoms. The second-order valence-electron chi connectivity index (χ2n) is 4.69. The molecule has 0 bridgehead atoms. The van der Waals surface area contributed by atoms with Crippen LogP contribution in [-0.4, -0.2) is 10.5 Å². The minimum absolute atomic E-state index is 0.00695. The molecule has 0 aliphatic carbocycles. The quantitative estimate of drug-likeness (QED) is 0.938. The predicted molar refractivity (Wildman–Crippen MR) is 82.9 cm³/mol. The Bertz CT molecular complexity index is 690. The Morgan fingerprint density at radius 3 is 2.55 bits per heavy atom. The van der Waals surface area contributed by atoms with Crippen LogP contribution in [0.1, 0.15) is 11.1 Å². The molecule has 0 aliphatic rings. The molecule has 0 saturated heterocycles. The average Bonchev–Trinajstić information content (AvgIpc) is 2.38. The summed E-state index contributed by atoms with van der Waals surface area (Å²) in [6.45, 7) is 3.70. The van der Waals surface area contributed by atoms with E-state index in [9.17, 15) is 9.59 Å². The van der Waals surface area contributed by atoms with Crippen LogP contribution < -0.4 is 10.9 Å². The van der Waals surface area contributed by atoms with Crippen LogP contribution in [0.25, 0.3) is 0 Å². The summed E-state index contributed by atoms with van der Waals surface area (Å²) in [4.78, 5) is 23.9. The summed E-state index contributed by atoms with van der Waals surface area (Å²) in [6, 6.07) is 9.25. The molecule has 1 heterocycles. The summed E-state index contributed by atoms with van der Waals surface area (Å²) >= 11 is 3.32.